The largest absolute Gasteiger partial charge is 3.00 e. The van der Waals surface area contributed by atoms with Crippen molar-refractivity contribution in [2.75, 3.05) is 15.0 Å². The molecule has 6 rings (SSSR count). The Hall–Kier alpha value is -3.75. The van der Waals surface area contributed by atoms with Gasteiger partial charge >= 0.3 is 38.6 Å². The molecule has 0 aliphatic carbocycles. The molecule has 0 bridgehead atoms. The first kappa shape index (κ1) is 48.6. The second-order valence-electron chi connectivity index (χ2n) is 18.0. The molecule has 6 atom stereocenters. The summed E-state index contributed by atoms with van der Waals surface area (Å²) in [7, 11) is 0. The SMILES string of the molecule is CC1=NN(c2ccccc2)C(=O)C1C([O-])C(C)(C)C.CC1=NN(c2ccccc2)C(=O)C1C([O-])C(C)(C)C.CC1=NN(c2ccccc2)C(=O)C1C([O-])C(C)(C)C.[Tb+3]. The van der Waals surface area contributed by atoms with Crippen LogP contribution in [0, 0.1) is 72.6 Å². The Labute approximate surface area is 374 Å². The van der Waals surface area contributed by atoms with Crippen LogP contribution in [0.5, 0.6) is 0 Å². The van der Waals surface area contributed by atoms with Crippen LogP contribution in [-0.4, -0.2) is 53.2 Å². The maximum atomic E-state index is 12.4. The van der Waals surface area contributed by atoms with Crippen LogP contribution in [0.25, 0.3) is 0 Å². The van der Waals surface area contributed by atoms with Crippen molar-refractivity contribution in [1.29, 1.82) is 0 Å². The number of benzene rings is 3. The van der Waals surface area contributed by atoms with Crippen LogP contribution < -0.4 is 30.3 Å². The minimum atomic E-state index is -0.988. The van der Waals surface area contributed by atoms with Gasteiger partial charge in [-0.3, -0.25) is 14.4 Å². The molecule has 0 aromatic heterocycles. The molecule has 12 nitrogen and oxygen atoms in total. The van der Waals surface area contributed by atoms with Gasteiger partial charge in [0.25, 0.3) is 17.7 Å². The third kappa shape index (κ3) is 11.3. The molecule has 0 fully saturated rings. The fourth-order valence-electron chi connectivity index (χ4n) is 6.55. The molecule has 312 valence electrons. The number of nitrogens with zero attached hydrogens (tertiary/aromatic N) is 6. The molecule has 3 aliphatic heterocycles. The zero-order valence-electron chi connectivity index (χ0n) is 35.6. The van der Waals surface area contributed by atoms with E-state index < -0.39 is 52.3 Å². The van der Waals surface area contributed by atoms with Crippen molar-refractivity contribution >= 4 is 51.9 Å². The molecule has 3 aromatic carbocycles. The van der Waals surface area contributed by atoms with E-state index in [1.54, 1.807) is 20.8 Å². The van der Waals surface area contributed by atoms with E-state index in [0.717, 1.165) is 0 Å². The van der Waals surface area contributed by atoms with E-state index in [2.05, 4.69) is 15.3 Å². The first-order valence-electron chi connectivity index (χ1n) is 19.3. The Morgan fingerprint density at radius 3 is 0.793 bits per heavy atom. The van der Waals surface area contributed by atoms with Crippen molar-refractivity contribution in [3.8, 4) is 0 Å². The second kappa shape index (κ2) is 19.5. The van der Waals surface area contributed by atoms with Crippen molar-refractivity contribution in [3.05, 3.63) is 91.0 Å². The first-order chi connectivity index (χ1) is 26.5. The summed E-state index contributed by atoms with van der Waals surface area (Å²) in [6.45, 7) is 22.0. The van der Waals surface area contributed by atoms with Gasteiger partial charge in [0, 0.05) is 17.1 Å². The van der Waals surface area contributed by atoms with Gasteiger partial charge in [0.15, 0.2) is 0 Å². The van der Waals surface area contributed by atoms with Crippen LogP contribution in [0.3, 0.4) is 0 Å². The van der Waals surface area contributed by atoms with E-state index in [1.165, 1.54) is 15.0 Å². The Kier molecular flexibility index (Phi) is 16.4. The molecule has 0 saturated carbocycles. The van der Waals surface area contributed by atoms with Gasteiger partial charge in [-0.1, -0.05) is 117 Å². The van der Waals surface area contributed by atoms with Gasteiger partial charge in [-0.05, 0) is 73.4 Å². The number of carbonyl (C=O) groups is 3. The number of hydrazone groups is 3. The van der Waals surface area contributed by atoms with Crippen molar-refractivity contribution < 1.29 is 68.3 Å². The fraction of sp³-hybridized carbons (Fsp3) is 0.467. The second-order valence-corrected chi connectivity index (χ2v) is 18.0. The van der Waals surface area contributed by atoms with E-state index in [4.69, 9.17) is 0 Å². The molecule has 3 aromatic rings. The van der Waals surface area contributed by atoms with E-state index in [-0.39, 0.29) is 56.3 Å². The predicted molar refractivity (Wildman–Crippen MR) is 221 cm³/mol. The number of rotatable bonds is 6. The number of hydrogen-bond donors (Lipinski definition) is 0. The third-order valence-corrected chi connectivity index (χ3v) is 10.0. The van der Waals surface area contributed by atoms with Gasteiger partial charge in [0.2, 0.25) is 0 Å². The maximum Gasteiger partial charge on any atom is 3.00 e. The summed E-state index contributed by atoms with van der Waals surface area (Å²) in [6, 6.07) is 27.6. The molecular weight excluding hydrogens is 879 g/mol. The quantitative estimate of drug-likeness (QED) is 0.321. The number of anilines is 3. The molecule has 0 radical (unpaired) electrons. The number of hydrogen-bond acceptors (Lipinski definition) is 9. The Balaban J connectivity index is 0.000000231. The monoisotopic (exact) mass is 936 g/mol. The molecule has 6 unspecified atom stereocenters. The summed E-state index contributed by atoms with van der Waals surface area (Å²) in [4.78, 5) is 37.2. The summed E-state index contributed by atoms with van der Waals surface area (Å²) >= 11 is 0. The number of para-hydroxylation sites is 3. The zero-order chi connectivity index (χ0) is 42.6. The van der Waals surface area contributed by atoms with Crippen molar-refractivity contribution in [1.82, 2.24) is 0 Å². The maximum absolute atomic E-state index is 12.4. The van der Waals surface area contributed by atoms with Gasteiger partial charge in [-0.2, -0.15) is 15.3 Å². The van der Waals surface area contributed by atoms with E-state index in [9.17, 15) is 29.7 Å². The van der Waals surface area contributed by atoms with Crippen molar-refractivity contribution in [3.63, 3.8) is 0 Å². The summed E-state index contributed by atoms with van der Waals surface area (Å²) < 4.78 is 0. The zero-order valence-corrected chi connectivity index (χ0v) is 37.7. The van der Waals surface area contributed by atoms with Crippen LogP contribution in [0.2, 0.25) is 0 Å². The van der Waals surface area contributed by atoms with E-state index >= 15 is 0 Å². The molecule has 3 aliphatic rings. The molecule has 3 amide bonds. The minimum Gasteiger partial charge on any atom is -0.851 e. The predicted octanol–water partition coefficient (Wildman–Crippen LogP) is 5.40. The average molecular weight is 937 g/mol. The van der Waals surface area contributed by atoms with Gasteiger partial charge in [-0.25, -0.2) is 15.0 Å². The molecular formula is C45H57N6O6Tb. The van der Waals surface area contributed by atoms with Crippen LogP contribution >= 0.6 is 0 Å². The minimum absolute atomic E-state index is 0. The molecule has 58 heavy (non-hydrogen) atoms. The number of carbonyl (C=O) groups excluding carboxylic acids is 3. The summed E-state index contributed by atoms with van der Waals surface area (Å²) in [5.74, 6) is -2.67. The topological polar surface area (TPSA) is 167 Å². The third-order valence-electron chi connectivity index (χ3n) is 10.0. The molecule has 0 N–H and O–H groups in total. The van der Waals surface area contributed by atoms with Crippen molar-refractivity contribution in [2.45, 2.75) is 101 Å². The summed E-state index contributed by atoms with van der Waals surface area (Å²) in [5, 5.41) is 54.1. The van der Waals surface area contributed by atoms with Crippen LogP contribution in [-0.2, 0) is 14.4 Å². The normalized spacial score (nSPS) is 21.2. The van der Waals surface area contributed by atoms with Gasteiger partial charge < -0.3 is 15.3 Å². The van der Waals surface area contributed by atoms with Gasteiger partial charge in [0.1, 0.15) is 0 Å². The molecule has 13 heteroatoms. The Morgan fingerprint density at radius 1 is 0.431 bits per heavy atom. The van der Waals surface area contributed by atoms with Crippen molar-refractivity contribution in [2.24, 2.45) is 49.3 Å². The standard InChI is InChI=1S/3C15H19N2O2.Tb/c3*1-10-12(13(18)15(2,3)4)14(19)17(16-10)11-8-6-5-7-9-11;/h3*5-9,12-13H,1-4H3;/q3*-1;+3. The van der Waals surface area contributed by atoms with Gasteiger partial charge in [0.05, 0.1) is 34.8 Å². The van der Waals surface area contributed by atoms with Crippen LogP contribution in [0.15, 0.2) is 106 Å². The Morgan fingerprint density at radius 2 is 0.621 bits per heavy atom. The Bertz CT molecular complexity index is 1740. The molecule has 0 spiro atoms. The van der Waals surface area contributed by atoms with Crippen LogP contribution in [0.1, 0.15) is 83.1 Å². The fourth-order valence-corrected chi connectivity index (χ4v) is 6.55. The molecule has 3 heterocycles. The average Bonchev–Trinajstić information content (AvgIpc) is 3.74. The van der Waals surface area contributed by atoms with E-state index in [0.29, 0.717) is 34.2 Å². The molecule has 0 saturated heterocycles. The van der Waals surface area contributed by atoms with E-state index in [1.807, 2.05) is 153 Å². The van der Waals surface area contributed by atoms with Crippen LogP contribution in [0.4, 0.5) is 17.1 Å². The summed E-state index contributed by atoms with van der Waals surface area (Å²) in [5.41, 5.74) is 2.51. The number of amides is 3. The van der Waals surface area contributed by atoms with Gasteiger partial charge in [-0.15, -0.1) is 18.3 Å². The smallest absolute Gasteiger partial charge is 0.851 e. The summed E-state index contributed by atoms with van der Waals surface area (Å²) in [6.07, 6.45) is -2.97. The first-order valence-corrected chi connectivity index (χ1v) is 19.3.